The predicted molar refractivity (Wildman–Crippen MR) is 76.1 cm³/mol. The lowest BCUT2D eigenvalue weighted by molar-refractivity contribution is 0.337. The van der Waals surface area contributed by atoms with E-state index in [0.717, 1.165) is 16.7 Å². The smallest absolute Gasteiger partial charge is 0.270 e. The highest BCUT2D eigenvalue weighted by atomic mass is 32.2. The van der Waals surface area contributed by atoms with Crippen LogP contribution >= 0.6 is 0 Å². The zero-order chi connectivity index (χ0) is 13.7. The van der Waals surface area contributed by atoms with Gasteiger partial charge in [-0.05, 0) is 23.6 Å². The van der Waals surface area contributed by atoms with Crippen LogP contribution in [0.4, 0.5) is 0 Å². The van der Waals surface area contributed by atoms with Crippen LogP contribution in [0.2, 0.25) is 0 Å². The second kappa shape index (κ2) is 5.99. The molecule has 3 nitrogen and oxygen atoms in total. The van der Waals surface area contributed by atoms with E-state index < -0.39 is 10.1 Å². The van der Waals surface area contributed by atoms with Crippen molar-refractivity contribution in [3.05, 3.63) is 60.2 Å². The number of rotatable bonds is 5. The third-order valence-corrected chi connectivity index (χ3v) is 3.96. The van der Waals surface area contributed by atoms with Gasteiger partial charge in [-0.1, -0.05) is 54.6 Å². The lowest BCUT2D eigenvalue weighted by Gasteiger charge is -2.06. The van der Waals surface area contributed by atoms with E-state index >= 15 is 0 Å². The second-order valence-corrected chi connectivity index (χ2v) is 5.81. The third kappa shape index (κ3) is 3.91. The van der Waals surface area contributed by atoms with E-state index in [9.17, 15) is 8.42 Å². The van der Waals surface area contributed by atoms with Gasteiger partial charge in [-0.15, -0.1) is 0 Å². The van der Waals surface area contributed by atoms with Gasteiger partial charge in [0.15, 0.2) is 0 Å². The summed E-state index contributed by atoms with van der Waals surface area (Å²) in [6, 6.07) is 17.4. The maximum atomic E-state index is 11.6. The van der Waals surface area contributed by atoms with Crippen LogP contribution in [-0.4, -0.2) is 15.0 Å². The highest BCUT2D eigenvalue weighted by Gasteiger charge is 2.11. The maximum Gasteiger partial charge on any atom is 0.271 e. The molecule has 0 atom stereocenters. The summed E-state index contributed by atoms with van der Waals surface area (Å²) in [6.07, 6.45) is 0. The molecule has 2 aromatic rings. The summed E-state index contributed by atoms with van der Waals surface area (Å²) in [5.41, 5.74) is 2.80. The van der Waals surface area contributed by atoms with Crippen molar-refractivity contribution in [3.63, 3.8) is 0 Å². The van der Waals surface area contributed by atoms with Gasteiger partial charge in [0.1, 0.15) is 5.75 Å². The zero-order valence-electron chi connectivity index (χ0n) is 10.7. The van der Waals surface area contributed by atoms with Gasteiger partial charge in [0.2, 0.25) is 0 Å². The molecule has 0 N–H and O–H groups in total. The first-order valence-electron chi connectivity index (χ1n) is 6.12. The number of hydrogen-bond acceptors (Lipinski definition) is 3. The molecule has 0 aromatic heterocycles. The highest BCUT2D eigenvalue weighted by molar-refractivity contribution is 7.85. The van der Waals surface area contributed by atoms with E-state index in [1.807, 2.05) is 48.5 Å². The standard InChI is InChI=1S/C15H16O3S/c1-2-18-19(16,17)12-13-7-6-10-15(11-13)14-8-4-3-5-9-14/h3-11H,2,12H2,1H3. The maximum absolute atomic E-state index is 11.6. The molecule has 0 amide bonds. The van der Waals surface area contributed by atoms with Gasteiger partial charge < -0.3 is 0 Å². The van der Waals surface area contributed by atoms with E-state index in [2.05, 4.69) is 0 Å². The summed E-state index contributed by atoms with van der Waals surface area (Å²) >= 11 is 0. The molecule has 2 rings (SSSR count). The Bertz CT molecular complexity index is 633. The topological polar surface area (TPSA) is 43.4 Å². The molecule has 100 valence electrons. The largest absolute Gasteiger partial charge is 0.271 e. The third-order valence-electron chi connectivity index (χ3n) is 2.67. The fourth-order valence-corrected chi connectivity index (χ4v) is 2.93. The minimum absolute atomic E-state index is 0.0957. The minimum atomic E-state index is -3.48. The fourth-order valence-electron chi connectivity index (χ4n) is 1.90. The number of benzene rings is 2. The average molecular weight is 276 g/mol. The molecule has 0 fully saturated rings. The first-order valence-corrected chi connectivity index (χ1v) is 7.70. The number of hydrogen-bond donors (Lipinski definition) is 0. The highest BCUT2D eigenvalue weighted by Crippen LogP contribution is 2.21. The predicted octanol–water partition coefficient (Wildman–Crippen LogP) is 3.22. The van der Waals surface area contributed by atoms with Crippen molar-refractivity contribution in [1.82, 2.24) is 0 Å². The molecule has 0 bridgehead atoms. The monoisotopic (exact) mass is 276 g/mol. The van der Waals surface area contributed by atoms with Gasteiger partial charge >= 0.3 is 0 Å². The zero-order valence-corrected chi connectivity index (χ0v) is 11.6. The molecule has 0 unspecified atom stereocenters. The van der Waals surface area contributed by atoms with Gasteiger partial charge in [-0.25, -0.2) is 0 Å². The summed E-state index contributed by atoms with van der Waals surface area (Å²) < 4.78 is 28.0. The Morgan fingerprint density at radius 1 is 0.947 bits per heavy atom. The molecular weight excluding hydrogens is 260 g/mol. The van der Waals surface area contributed by atoms with E-state index in [4.69, 9.17) is 4.18 Å². The Labute approximate surface area is 114 Å². The van der Waals surface area contributed by atoms with E-state index in [1.165, 1.54) is 0 Å². The van der Waals surface area contributed by atoms with Gasteiger partial charge in [-0.2, -0.15) is 8.42 Å². The molecule has 0 radical (unpaired) electrons. The SMILES string of the molecule is CCOS(=O)(=O)Cc1cccc(-c2ccccc2)c1. The normalized spacial score (nSPS) is 11.4. The van der Waals surface area contributed by atoms with Crippen molar-refractivity contribution in [2.75, 3.05) is 6.61 Å². The molecule has 0 aliphatic rings. The Kier molecular flexibility index (Phi) is 4.35. The van der Waals surface area contributed by atoms with Crippen LogP contribution in [0.5, 0.6) is 0 Å². The minimum Gasteiger partial charge on any atom is -0.270 e. The lowest BCUT2D eigenvalue weighted by atomic mass is 10.0. The van der Waals surface area contributed by atoms with Crippen LogP contribution in [0.3, 0.4) is 0 Å². The van der Waals surface area contributed by atoms with E-state index in [1.54, 1.807) is 13.0 Å². The Hall–Kier alpha value is -1.65. The first-order chi connectivity index (χ1) is 9.11. The summed E-state index contributed by atoms with van der Waals surface area (Å²) in [4.78, 5) is 0. The average Bonchev–Trinajstić information content (AvgIpc) is 2.39. The van der Waals surface area contributed by atoms with E-state index in [0.29, 0.717) is 0 Å². The second-order valence-electron chi connectivity index (χ2n) is 4.17. The van der Waals surface area contributed by atoms with Gasteiger partial charge in [0.05, 0.1) is 6.61 Å². The van der Waals surface area contributed by atoms with Crippen molar-refractivity contribution in [2.45, 2.75) is 12.7 Å². The lowest BCUT2D eigenvalue weighted by Crippen LogP contribution is -2.08. The van der Waals surface area contributed by atoms with Gasteiger partial charge in [-0.3, -0.25) is 4.18 Å². The van der Waals surface area contributed by atoms with Crippen LogP contribution in [0.15, 0.2) is 54.6 Å². The molecular formula is C15H16O3S. The van der Waals surface area contributed by atoms with Crippen molar-refractivity contribution in [3.8, 4) is 11.1 Å². The summed E-state index contributed by atoms with van der Waals surface area (Å²) in [7, 11) is -3.48. The molecule has 0 saturated heterocycles. The molecule has 2 aromatic carbocycles. The molecule has 0 heterocycles. The first kappa shape index (κ1) is 13.8. The van der Waals surface area contributed by atoms with Crippen molar-refractivity contribution in [1.29, 1.82) is 0 Å². The van der Waals surface area contributed by atoms with Crippen LogP contribution in [0.25, 0.3) is 11.1 Å². The van der Waals surface area contributed by atoms with Crippen LogP contribution in [-0.2, 0) is 20.1 Å². The Morgan fingerprint density at radius 3 is 2.32 bits per heavy atom. The van der Waals surface area contributed by atoms with Gasteiger partial charge in [0, 0.05) is 0 Å². The molecule has 0 aliphatic carbocycles. The summed E-state index contributed by atoms with van der Waals surface area (Å²) in [5, 5.41) is 0. The van der Waals surface area contributed by atoms with Crippen LogP contribution in [0.1, 0.15) is 12.5 Å². The van der Waals surface area contributed by atoms with Crippen molar-refractivity contribution >= 4 is 10.1 Å². The van der Waals surface area contributed by atoms with Crippen molar-refractivity contribution in [2.24, 2.45) is 0 Å². The molecule has 0 spiro atoms. The molecule has 19 heavy (non-hydrogen) atoms. The quantitative estimate of drug-likeness (QED) is 0.787. The fraction of sp³-hybridized carbons (Fsp3) is 0.200. The van der Waals surface area contributed by atoms with Crippen molar-refractivity contribution < 1.29 is 12.6 Å². The molecule has 0 aliphatic heterocycles. The summed E-state index contributed by atoms with van der Waals surface area (Å²) in [5.74, 6) is -0.0957. The van der Waals surface area contributed by atoms with Crippen LogP contribution in [0, 0.1) is 0 Å². The molecule has 0 saturated carbocycles. The Morgan fingerprint density at radius 2 is 1.63 bits per heavy atom. The van der Waals surface area contributed by atoms with E-state index in [-0.39, 0.29) is 12.4 Å². The van der Waals surface area contributed by atoms with Gasteiger partial charge in [0.25, 0.3) is 10.1 Å². The Balaban J connectivity index is 2.26. The molecule has 4 heteroatoms. The summed E-state index contributed by atoms with van der Waals surface area (Å²) in [6.45, 7) is 1.83. The van der Waals surface area contributed by atoms with Crippen LogP contribution < -0.4 is 0 Å².